The van der Waals surface area contributed by atoms with Crippen LogP contribution in [0.25, 0.3) is 22.2 Å². The molecule has 8 nitrogen and oxygen atoms in total. The van der Waals surface area contributed by atoms with Gasteiger partial charge in [0.05, 0.1) is 23.8 Å². The second kappa shape index (κ2) is 9.64. The van der Waals surface area contributed by atoms with Crippen molar-refractivity contribution in [1.82, 2.24) is 14.5 Å². The minimum Gasteiger partial charge on any atom is -0.481 e. The highest BCUT2D eigenvalue weighted by Crippen LogP contribution is 2.40. The van der Waals surface area contributed by atoms with Gasteiger partial charge in [0.2, 0.25) is 5.91 Å². The number of aliphatic carboxylic acids is 1. The molecule has 202 valence electrons. The van der Waals surface area contributed by atoms with Crippen LogP contribution in [0.3, 0.4) is 0 Å². The van der Waals surface area contributed by atoms with Crippen LogP contribution in [-0.2, 0) is 35.2 Å². The van der Waals surface area contributed by atoms with Gasteiger partial charge in [-0.15, -0.1) is 0 Å². The average molecular weight is 545 g/mol. The molecule has 0 saturated carbocycles. The first kappa shape index (κ1) is 26.1. The smallest absolute Gasteiger partial charge is 0.416 e. The molecule has 0 aliphatic carbocycles. The third-order valence-electron chi connectivity index (χ3n) is 6.65. The van der Waals surface area contributed by atoms with Gasteiger partial charge >= 0.3 is 12.1 Å². The van der Waals surface area contributed by atoms with E-state index >= 15 is 4.39 Å². The number of fused-ring (bicyclic) bond motifs is 2. The van der Waals surface area contributed by atoms with Crippen molar-refractivity contribution in [3.05, 3.63) is 71.2 Å². The van der Waals surface area contributed by atoms with Crippen molar-refractivity contribution in [2.75, 3.05) is 17.2 Å². The molecule has 0 radical (unpaired) electrons. The molecular weight excluding hydrogens is 525 g/mol. The Kier molecular flexibility index (Phi) is 6.44. The molecule has 13 heteroatoms. The van der Waals surface area contributed by atoms with Crippen molar-refractivity contribution in [1.29, 1.82) is 0 Å². The maximum absolute atomic E-state index is 15.8. The number of aromatic nitrogens is 3. The van der Waals surface area contributed by atoms with E-state index in [0.29, 0.717) is 34.8 Å². The number of hydrogen-bond acceptors (Lipinski definition) is 5. The first-order valence-electron chi connectivity index (χ1n) is 11.7. The van der Waals surface area contributed by atoms with Gasteiger partial charge in [-0.1, -0.05) is 0 Å². The van der Waals surface area contributed by atoms with E-state index in [1.807, 2.05) is 0 Å². The zero-order valence-corrected chi connectivity index (χ0v) is 20.1. The van der Waals surface area contributed by atoms with E-state index in [4.69, 9.17) is 10.8 Å². The molecule has 1 aliphatic rings. The van der Waals surface area contributed by atoms with Crippen molar-refractivity contribution in [3.63, 3.8) is 0 Å². The lowest BCUT2D eigenvalue weighted by atomic mass is 10.0. The Hall–Kier alpha value is -4.55. The summed E-state index contributed by atoms with van der Waals surface area (Å²) in [5.74, 6) is -3.23. The Morgan fingerprint density at radius 1 is 1.08 bits per heavy atom. The molecular formula is C26H20F5N5O3. The number of carboxylic acid groups (broad SMARTS) is 1. The number of aryl methyl sites for hydroxylation is 1. The first-order valence-corrected chi connectivity index (χ1v) is 11.7. The van der Waals surface area contributed by atoms with E-state index in [9.17, 15) is 27.2 Å². The number of carbonyl (C=O) groups is 2. The molecule has 0 spiro atoms. The van der Waals surface area contributed by atoms with Gasteiger partial charge in [0, 0.05) is 41.7 Å². The highest BCUT2D eigenvalue weighted by atomic mass is 19.4. The minimum absolute atomic E-state index is 0.0563. The summed E-state index contributed by atoms with van der Waals surface area (Å²) < 4.78 is 70.8. The maximum Gasteiger partial charge on any atom is 0.416 e. The largest absolute Gasteiger partial charge is 0.481 e. The van der Waals surface area contributed by atoms with Gasteiger partial charge in [0.1, 0.15) is 29.4 Å². The fourth-order valence-electron chi connectivity index (χ4n) is 4.80. The second-order valence-corrected chi connectivity index (χ2v) is 9.04. The third-order valence-corrected chi connectivity index (χ3v) is 6.65. The molecule has 0 fully saturated rings. The normalized spacial score (nSPS) is 13.2. The summed E-state index contributed by atoms with van der Waals surface area (Å²) in [6, 6.07) is 4.79. The van der Waals surface area contributed by atoms with Crippen LogP contribution in [-0.4, -0.2) is 38.1 Å². The van der Waals surface area contributed by atoms with E-state index in [0.717, 1.165) is 0 Å². The van der Waals surface area contributed by atoms with Crippen molar-refractivity contribution in [2.45, 2.75) is 32.0 Å². The Morgan fingerprint density at radius 2 is 1.85 bits per heavy atom. The van der Waals surface area contributed by atoms with Crippen LogP contribution in [0.2, 0.25) is 0 Å². The number of nitrogen functional groups attached to an aromatic ring is 1. The number of rotatable bonds is 6. The molecule has 3 heterocycles. The lowest BCUT2D eigenvalue weighted by Crippen LogP contribution is -2.30. The molecule has 3 N–H and O–H groups in total. The summed E-state index contributed by atoms with van der Waals surface area (Å²) in [6.07, 6.45) is -2.66. The molecule has 2 aromatic heterocycles. The predicted octanol–water partition coefficient (Wildman–Crippen LogP) is 4.58. The molecule has 1 amide bonds. The number of benzene rings is 2. The molecule has 4 aromatic rings. The minimum atomic E-state index is -4.70. The lowest BCUT2D eigenvalue weighted by Gasteiger charge is -2.19. The summed E-state index contributed by atoms with van der Waals surface area (Å²) in [7, 11) is 0. The summed E-state index contributed by atoms with van der Waals surface area (Å²) >= 11 is 0. The van der Waals surface area contributed by atoms with Crippen LogP contribution in [0.5, 0.6) is 0 Å². The Labute approximate surface area is 217 Å². The van der Waals surface area contributed by atoms with Crippen LogP contribution in [0.4, 0.5) is 33.5 Å². The number of amides is 1. The standard InChI is InChI=1S/C26H20F5N5O3/c27-18-3-1-14(26(29,30)31)9-13(18)10-20(37)36-8-5-16-19(36)4-2-15(23(16)28)17-11-35(7-6-21(38)39)25-22(17)24(32)33-12-34-25/h1-4,9,11-12H,5-8,10H2,(H,38,39)(H2,32,33,34). The zero-order valence-electron chi connectivity index (χ0n) is 20.1. The monoisotopic (exact) mass is 545 g/mol. The van der Waals surface area contributed by atoms with Crippen LogP contribution < -0.4 is 10.6 Å². The summed E-state index contributed by atoms with van der Waals surface area (Å²) in [6.45, 7) is 0.115. The molecule has 1 aliphatic heterocycles. The van der Waals surface area contributed by atoms with E-state index in [-0.39, 0.29) is 48.6 Å². The second-order valence-electron chi connectivity index (χ2n) is 9.04. The van der Waals surface area contributed by atoms with Crippen LogP contribution in [0.15, 0.2) is 42.9 Å². The number of anilines is 2. The number of nitrogens with zero attached hydrogens (tertiary/aromatic N) is 4. The van der Waals surface area contributed by atoms with Gasteiger partial charge in [-0.3, -0.25) is 9.59 Å². The van der Waals surface area contributed by atoms with E-state index in [1.54, 1.807) is 4.57 Å². The van der Waals surface area contributed by atoms with Crippen molar-refractivity contribution < 1.29 is 36.6 Å². The van der Waals surface area contributed by atoms with E-state index in [2.05, 4.69) is 9.97 Å². The van der Waals surface area contributed by atoms with Gasteiger partial charge < -0.3 is 20.3 Å². The molecule has 0 bridgehead atoms. The number of halogens is 5. The molecule has 2 aromatic carbocycles. The number of carbonyl (C=O) groups excluding carboxylic acids is 1. The Balaban J connectivity index is 1.48. The zero-order chi connectivity index (χ0) is 28.1. The van der Waals surface area contributed by atoms with E-state index in [1.165, 1.54) is 29.6 Å². The molecule has 5 rings (SSSR count). The average Bonchev–Trinajstić information content (AvgIpc) is 3.47. The highest BCUT2D eigenvalue weighted by Gasteiger charge is 2.33. The molecule has 0 saturated heterocycles. The fraction of sp³-hybridized carbons (Fsp3) is 0.231. The predicted molar refractivity (Wildman–Crippen MR) is 131 cm³/mol. The Bertz CT molecular complexity index is 1630. The number of hydrogen-bond donors (Lipinski definition) is 2. The van der Waals surface area contributed by atoms with E-state index < -0.39 is 47.2 Å². The van der Waals surface area contributed by atoms with Gasteiger partial charge in [-0.2, -0.15) is 13.2 Å². The number of nitrogens with two attached hydrogens (primary N) is 1. The summed E-state index contributed by atoms with van der Waals surface area (Å²) in [5, 5.41) is 9.41. The quantitative estimate of drug-likeness (QED) is 0.343. The fourth-order valence-corrected chi connectivity index (χ4v) is 4.80. The lowest BCUT2D eigenvalue weighted by molar-refractivity contribution is -0.138. The number of carboxylic acids is 1. The van der Waals surface area contributed by atoms with Crippen molar-refractivity contribution >= 4 is 34.4 Å². The van der Waals surface area contributed by atoms with Crippen LogP contribution in [0.1, 0.15) is 23.1 Å². The van der Waals surface area contributed by atoms with Crippen LogP contribution >= 0.6 is 0 Å². The topological polar surface area (TPSA) is 114 Å². The third kappa shape index (κ3) is 4.75. The van der Waals surface area contributed by atoms with Gasteiger partial charge in [-0.05, 0) is 42.3 Å². The Morgan fingerprint density at radius 3 is 2.56 bits per heavy atom. The van der Waals surface area contributed by atoms with Crippen molar-refractivity contribution in [3.8, 4) is 11.1 Å². The summed E-state index contributed by atoms with van der Waals surface area (Å²) in [4.78, 5) is 33.4. The molecule has 39 heavy (non-hydrogen) atoms. The van der Waals surface area contributed by atoms with Crippen molar-refractivity contribution in [2.24, 2.45) is 0 Å². The first-order chi connectivity index (χ1) is 18.5. The SMILES string of the molecule is Nc1ncnc2c1c(-c1ccc3c(c1F)CCN3C(=O)Cc1cc(C(F)(F)F)ccc1F)cn2CCC(=O)O. The van der Waals surface area contributed by atoms with Gasteiger partial charge in [0.15, 0.2) is 0 Å². The highest BCUT2D eigenvalue weighted by molar-refractivity contribution is 6.02. The molecule has 0 unspecified atom stereocenters. The van der Waals surface area contributed by atoms with Crippen LogP contribution in [0, 0.1) is 11.6 Å². The van der Waals surface area contributed by atoms with Gasteiger partial charge in [-0.25, -0.2) is 18.7 Å². The summed E-state index contributed by atoms with van der Waals surface area (Å²) in [5.41, 5.74) is 5.80. The number of alkyl halides is 3. The molecule has 0 atom stereocenters. The maximum atomic E-state index is 15.8. The van der Waals surface area contributed by atoms with Gasteiger partial charge in [0.25, 0.3) is 0 Å².